The molecule has 58 heavy (non-hydrogen) atoms. The summed E-state index contributed by atoms with van der Waals surface area (Å²) in [6, 6.07) is 51.9. The van der Waals surface area contributed by atoms with Gasteiger partial charge < -0.3 is 15.2 Å². The molecular formula is C53H45N5. The average molecular weight is 752 g/mol. The van der Waals surface area contributed by atoms with Gasteiger partial charge in [0.05, 0.1) is 11.0 Å². The molecule has 0 aliphatic carbocycles. The Morgan fingerprint density at radius 1 is 0.741 bits per heavy atom. The van der Waals surface area contributed by atoms with Gasteiger partial charge in [-0.3, -0.25) is 0 Å². The van der Waals surface area contributed by atoms with Gasteiger partial charge >= 0.3 is 0 Å². The number of rotatable bonds is 10. The zero-order chi connectivity index (χ0) is 39.4. The van der Waals surface area contributed by atoms with Crippen molar-refractivity contribution >= 4 is 39.2 Å². The highest BCUT2D eigenvalue weighted by atomic mass is 15.2. The van der Waals surface area contributed by atoms with Gasteiger partial charge in [0.2, 0.25) is 0 Å². The van der Waals surface area contributed by atoms with E-state index in [1.165, 1.54) is 38.5 Å². The van der Waals surface area contributed by atoms with Gasteiger partial charge in [0.25, 0.3) is 0 Å². The highest BCUT2D eigenvalue weighted by molar-refractivity contribution is 6.15. The molecule has 1 unspecified atom stereocenters. The lowest BCUT2D eigenvalue weighted by Gasteiger charge is -2.25. The second-order valence-electron chi connectivity index (χ2n) is 14.9. The number of fused-ring (bicyclic) bond motifs is 3. The van der Waals surface area contributed by atoms with Crippen LogP contribution in [-0.4, -0.2) is 22.8 Å². The number of aryl methyl sites for hydroxylation is 1. The number of allylic oxidation sites excluding steroid dienone is 5. The highest BCUT2D eigenvalue weighted by Gasteiger charge is 2.23. The summed E-state index contributed by atoms with van der Waals surface area (Å²) < 4.78 is 2.39. The molecule has 0 saturated carbocycles. The lowest BCUT2D eigenvalue weighted by Crippen LogP contribution is -2.34. The summed E-state index contributed by atoms with van der Waals surface area (Å²) in [7, 11) is 0. The van der Waals surface area contributed by atoms with E-state index in [2.05, 4.69) is 174 Å². The molecule has 0 bridgehead atoms. The van der Waals surface area contributed by atoms with Gasteiger partial charge in [0.1, 0.15) is 12.0 Å². The number of nitrogens with zero attached hydrogens (tertiary/aromatic N) is 3. The summed E-state index contributed by atoms with van der Waals surface area (Å²) in [5, 5.41) is 9.67. The third-order valence-corrected chi connectivity index (χ3v) is 10.8. The Bertz CT molecular complexity index is 2850. The molecule has 0 fully saturated rings. The molecule has 5 heteroatoms. The van der Waals surface area contributed by atoms with E-state index in [4.69, 9.17) is 9.98 Å². The van der Waals surface area contributed by atoms with E-state index in [-0.39, 0.29) is 6.17 Å². The van der Waals surface area contributed by atoms with E-state index in [1.807, 2.05) is 43.3 Å². The number of aromatic nitrogens is 1. The molecule has 5 nitrogen and oxygen atoms in total. The molecule has 2 aliphatic rings. The van der Waals surface area contributed by atoms with Crippen LogP contribution in [0.1, 0.15) is 40.9 Å². The Balaban J connectivity index is 1.04. The molecule has 1 atom stereocenters. The minimum atomic E-state index is -0.249. The second-order valence-corrected chi connectivity index (χ2v) is 14.9. The molecular weight excluding hydrogens is 707 g/mol. The standard InChI is InChI=1S/C53H45N5/c1-36(2)15-7-4-8-16-38-23-24-42(33-37(38)3)39-25-28-45(29-26-39)58-49-22-14-13-21-46(49)47-30-27-43(35-50(47)58)48-34-44(31-32-54-48)53-56-51(40-17-9-5-10-18-40)55-52(57-53)41-19-11-6-12-20-41/h4-15,17-31,33-35,51,54H,1,16,32H2,2-3H3,(H,55,56,57)/b8-4-,15-7-. The first kappa shape index (κ1) is 36.4. The van der Waals surface area contributed by atoms with Crippen LogP contribution in [0.15, 0.2) is 210 Å². The van der Waals surface area contributed by atoms with E-state index < -0.39 is 0 Å². The van der Waals surface area contributed by atoms with Gasteiger partial charge in [0.15, 0.2) is 5.84 Å². The quantitative estimate of drug-likeness (QED) is 0.137. The van der Waals surface area contributed by atoms with Crippen molar-refractivity contribution in [2.45, 2.75) is 26.4 Å². The number of aliphatic imine (C=N–C) groups is 2. The zero-order valence-electron chi connectivity index (χ0n) is 32.9. The Hall–Kier alpha value is -7.24. The van der Waals surface area contributed by atoms with E-state index >= 15 is 0 Å². The fourth-order valence-corrected chi connectivity index (χ4v) is 7.82. The van der Waals surface area contributed by atoms with Gasteiger partial charge in [-0.25, -0.2) is 9.98 Å². The lowest BCUT2D eigenvalue weighted by atomic mass is 9.98. The van der Waals surface area contributed by atoms with Crippen molar-refractivity contribution in [2.24, 2.45) is 9.98 Å². The van der Waals surface area contributed by atoms with Gasteiger partial charge in [-0.1, -0.05) is 164 Å². The van der Waals surface area contributed by atoms with Crippen molar-refractivity contribution in [1.82, 2.24) is 15.2 Å². The lowest BCUT2D eigenvalue weighted by molar-refractivity contribution is 0.674. The van der Waals surface area contributed by atoms with Crippen LogP contribution < -0.4 is 10.6 Å². The summed E-state index contributed by atoms with van der Waals surface area (Å²) in [6.07, 6.45) is 13.4. The van der Waals surface area contributed by atoms with Crippen molar-refractivity contribution in [3.8, 4) is 16.8 Å². The molecule has 6 aromatic carbocycles. The highest BCUT2D eigenvalue weighted by Crippen LogP contribution is 2.35. The molecule has 9 rings (SSSR count). The monoisotopic (exact) mass is 751 g/mol. The SMILES string of the molecule is C=C(C)/C=C\C=C/Cc1ccc(-c2ccc(-n3c4ccccc4c4ccc(C5=CC(C6=NC(c7ccccc7)NC(c7ccccc7)=N6)=CCN5)cc43)cc2)cc1C. The van der Waals surface area contributed by atoms with E-state index in [0.717, 1.165) is 57.0 Å². The summed E-state index contributed by atoms with van der Waals surface area (Å²) in [4.78, 5) is 10.2. The van der Waals surface area contributed by atoms with Gasteiger partial charge in [-0.2, -0.15) is 0 Å². The maximum atomic E-state index is 5.14. The predicted molar refractivity (Wildman–Crippen MR) is 245 cm³/mol. The molecule has 0 saturated heterocycles. The minimum absolute atomic E-state index is 0.249. The molecule has 2 N–H and O–H groups in total. The third-order valence-electron chi connectivity index (χ3n) is 10.8. The topological polar surface area (TPSA) is 53.7 Å². The number of para-hydroxylation sites is 1. The van der Waals surface area contributed by atoms with Crippen LogP contribution >= 0.6 is 0 Å². The van der Waals surface area contributed by atoms with Crippen LogP contribution in [0.4, 0.5) is 0 Å². The number of hydrogen-bond donors (Lipinski definition) is 2. The number of amidine groups is 2. The van der Waals surface area contributed by atoms with Crippen LogP contribution in [0.5, 0.6) is 0 Å². The van der Waals surface area contributed by atoms with Crippen molar-refractivity contribution in [1.29, 1.82) is 0 Å². The van der Waals surface area contributed by atoms with Crippen LogP contribution in [0.2, 0.25) is 0 Å². The number of dihydropyridines is 1. The molecule has 1 aromatic heterocycles. The molecule has 3 heterocycles. The fourth-order valence-electron chi connectivity index (χ4n) is 7.82. The first-order chi connectivity index (χ1) is 28.5. The molecule has 0 amide bonds. The molecule has 0 radical (unpaired) electrons. The molecule has 7 aromatic rings. The van der Waals surface area contributed by atoms with Gasteiger partial charge in [-0.05, 0) is 84.0 Å². The smallest absolute Gasteiger partial charge is 0.159 e. The van der Waals surface area contributed by atoms with Crippen molar-refractivity contribution < 1.29 is 0 Å². The average Bonchev–Trinajstić information content (AvgIpc) is 3.61. The first-order valence-corrected chi connectivity index (χ1v) is 19.9. The number of benzene rings is 6. The number of nitrogens with one attached hydrogen (secondary N) is 2. The normalized spacial score (nSPS) is 15.5. The van der Waals surface area contributed by atoms with Crippen LogP contribution in [0.25, 0.3) is 44.3 Å². The van der Waals surface area contributed by atoms with Crippen molar-refractivity contribution in [3.63, 3.8) is 0 Å². The summed E-state index contributed by atoms with van der Waals surface area (Å²) in [6.45, 7) is 8.81. The summed E-state index contributed by atoms with van der Waals surface area (Å²) in [5.41, 5.74) is 14.8. The molecule has 0 spiro atoms. The first-order valence-electron chi connectivity index (χ1n) is 19.9. The third kappa shape index (κ3) is 7.50. The second kappa shape index (κ2) is 16.1. The largest absolute Gasteiger partial charge is 0.381 e. The van der Waals surface area contributed by atoms with Crippen LogP contribution in [0.3, 0.4) is 0 Å². The summed E-state index contributed by atoms with van der Waals surface area (Å²) >= 11 is 0. The van der Waals surface area contributed by atoms with Crippen LogP contribution in [0, 0.1) is 6.92 Å². The van der Waals surface area contributed by atoms with E-state index in [0.29, 0.717) is 12.4 Å². The predicted octanol–water partition coefficient (Wildman–Crippen LogP) is 12.0. The Morgan fingerprint density at radius 2 is 1.47 bits per heavy atom. The van der Waals surface area contributed by atoms with Crippen LogP contribution in [-0.2, 0) is 6.42 Å². The fraction of sp³-hybridized carbons (Fsp3) is 0.0943. The van der Waals surface area contributed by atoms with Gasteiger partial charge in [0, 0.05) is 39.8 Å². The minimum Gasteiger partial charge on any atom is -0.381 e. The maximum Gasteiger partial charge on any atom is 0.159 e. The van der Waals surface area contributed by atoms with E-state index in [9.17, 15) is 0 Å². The molecule has 282 valence electrons. The Morgan fingerprint density at radius 3 is 2.26 bits per heavy atom. The van der Waals surface area contributed by atoms with Gasteiger partial charge in [-0.15, -0.1) is 0 Å². The molecule has 2 aliphatic heterocycles. The van der Waals surface area contributed by atoms with Crippen molar-refractivity contribution in [2.75, 3.05) is 6.54 Å². The number of hydrogen-bond acceptors (Lipinski definition) is 4. The van der Waals surface area contributed by atoms with Crippen molar-refractivity contribution in [3.05, 3.63) is 228 Å². The zero-order valence-corrected chi connectivity index (χ0v) is 32.9. The van der Waals surface area contributed by atoms with E-state index in [1.54, 1.807) is 0 Å². The summed E-state index contributed by atoms with van der Waals surface area (Å²) in [5.74, 6) is 1.53. The Kier molecular flexibility index (Phi) is 10.1. The Labute approximate surface area is 340 Å². The maximum absolute atomic E-state index is 5.14.